The van der Waals surface area contributed by atoms with Gasteiger partial charge in [-0.15, -0.1) is 0 Å². The average molecular weight is 300 g/mol. The van der Waals surface area contributed by atoms with E-state index < -0.39 is 12.1 Å². The fourth-order valence-corrected chi connectivity index (χ4v) is 2.75. The Hall–Kier alpha value is -1.14. The van der Waals surface area contributed by atoms with Gasteiger partial charge in [0, 0.05) is 14.2 Å². The lowest BCUT2D eigenvalue weighted by molar-refractivity contribution is -0.154. The van der Waals surface area contributed by atoms with Gasteiger partial charge in [0.25, 0.3) is 0 Å². The number of nitrogens with zero attached hydrogens (tertiary/aromatic N) is 1. The molecule has 0 bridgehead atoms. The van der Waals surface area contributed by atoms with E-state index in [1.54, 1.807) is 19.1 Å². The molecule has 0 aromatic heterocycles. The molecule has 6 nitrogen and oxygen atoms in total. The minimum Gasteiger partial charge on any atom is -0.382 e. The molecule has 1 N–H and O–H groups in total. The number of rotatable bonds is 8. The van der Waals surface area contributed by atoms with Crippen molar-refractivity contribution in [3.8, 4) is 0 Å². The zero-order valence-corrected chi connectivity index (χ0v) is 13.7. The van der Waals surface area contributed by atoms with Crippen LogP contribution in [-0.4, -0.2) is 62.3 Å². The summed E-state index contributed by atoms with van der Waals surface area (Å²) in [5.74, 6) is -0.0415. The Bertz CT molecular complexity index is 360. The summed E-state index contributed by atoms with van der Waals surface area (Å²) >= 11 is 0. The minimum absolute atomic E-state index is 0.0201. The number of piperazine rings is 1. The van der Waals surface area contributed by atoms with Gasteiger partial charge in [-0.1, -0.05) is 27.2 Å². The van der Waals surface area contributed by atoms with Gasteiger partial charge in [-0.05, 0) is 12.3 Å². The molecule has 1 saturated heterocycles. The van der Waals surface area contributed by atoms with Crippen LogP contribution >= 0.6 is 0 Å². The molecule has 0 radical (unpaired) electrons. The van der Waals surface area contributed by atoms with Crippen LogP contribution in [0.1, 0.15) is 33.6 Å². The summed E-state index contributed by atoms with van der Waals surface area (Å²) in [6.45, 7) is 6.66. The second-order valence-corrected chi connectivity index (χ2v) is 5.84. The monoisotopic (exact) mass is 300 g/mol. The van der Waals surface area contributed by atoms with Crippen molar-refractivity contribution in [2.45, 2.75) is 51.8 Å². The fraction of sp³-hybridized carbons (Fsp3) is 0.867. The minimum atomic E-state index is -0.444. The maximum atomic E-state index is 12.6. The molecule has 0 saturated carbocycles. The van der Waals surface area contributed by atoms with Gasteiger partial charge in [0.15, 0.2) is 0 Å². The smallest absolute Gasteiger partial charge is 0.245 e. The van der Waals surface area contributed by atoms with E-state index in [9.17, 15) is 9.59 Å². The first kappa shape index (κ1) is 17.9. The summed E-state index contributed by atoms with van der Waals surface area (Å²) in [6.07, 6.45) is 1.28. The summed E-state index contributed by atoms with van der Waals surface area (Å²) in [5.41, 5.74) is 0. The molecule has 0 aliphatic carbocycles. The lowest BCUT2D eigenvalue weighted by Gasteiger charge is -2.42. The molecule has 122 valence electrons. The Morgan fingerprint density at radius 2 is 1.95 bits per heavy atom. The van der Waals surface area contributed by atoms with Gasteiger partial charge < -0.3 is 19.7 Å². The van der Waals surface area contributed by atoms with E-state index in [-0.39, 0.29) is 23.8 Å². The third kappa shape index (κ3) is 4.41. The summed E-state index contributed by atoms with van der Waals surface area (Å²) in [7, 11) is 3.18. The number of methoxy groups -OCH3 is 2. The quantitative estimate of drug-likeness (QED) is 0.720. The second-order valence-electron chi connectivity index (χ2n) is 5.84. The molecule has 2 amide bonds. The largest absolute Gasteiger partial charge is 0.382 e. The number of ether oxygens (including phenoxy) is 2. The number of carbonyl (C=O) groups excluding carboxylic acids is 2. The SMILES string of the molecule is CCCC1NC(=O)C(C(C)C)N(CC(COC)OC)C1=O. The maximum Gasteiger partial charge on any atom is 0.245 e. The molecule has 1 fully saturated rings. The number of amides is 2. The van der Waals surface area contributed by atoms with Gasteiger partial charge in [-0.25, -0.2) is 0 Å². The van der Waals surface area contributed by atoms with Crippen molar-refractivity contribution in [1.29, 1.82) is 0 Å². The van der Waals surface area contributed by atoms with Gasteiger partial charge >= 0.3 is 0 Å². The van der Waals surface area contributed by atoms with Crippen molar-refractivity contribution < 1.29 is 19.1 Å². The molecule has 1 rings (SSSR count). The topological polar surface area (TPSA) is 67.9 Å². The van der Waals surface area contributed by atoms with E-state index in [4.69, 9.17) is 9.47 Å². The van der Waals surface area contributed by atoms with Crippen LogP contribution in [0.15, 0.2) is 0 Å². The van der Waals surface area contributed by atoms with Crippen LogP contribution in [0.25, 0.3) is 0 Å². The molecule has 1 heterocycles. The Balaban J connectivity index is 2.93. The molecule has 3 atom stereocenters. The van der Waals surface area contributed by atoms with Crippen LogP contribution in [0.4, 0.5) is 0 Å². The lowest BCUT2D eigenvalue weighted by Crippen LogP contribution is -2.66. The van der Waals surface area contributed by atoms with E-state index in [2.05, 4.69) is 5.32 Å². The highest BCUT2D eigenvalue weighted by atomic mass is 16.5. The van der Waals surface area contributed by atoms with Gasteiger partial charge in [-0.2, -0.15) is 0 Å². The molecule has 0 spiro atoms. The van der Waals surface area contributed by atoms with Crippen LogP contribution in [0.3, 0.4) is 0 Å². The first-order chi connectivity index (χ1) is 9.96. The van der Waals surface area contributed by atoms with Crippen LogP contribution < -0.4 is 5.32 Å². The van der Waals surface area contributed by atoms with Crippen molar-refractivity contribution in [3.05, 3.63) is 0 Å². The van der Waals surface area contributed by atoms with Gasteiger partial charge in [-0.3, -0.25) is 9.59 Å². The van der Waals surface area contributed by atoms with Crippen LogP contribution in [0.5, 0.6) is 0 Å². The number of nitrogens with one attached hydrogen (secondary N) is 1. The first-order valence-corrected chi connectivity index (χ1v) is 7.58. The highest BCUT2D eigenvalue weighted by Gasteiger charge is 2.42. The number of hydrogen-bond donors (Lipinski definition) is 1. The predicted molar refractivity (Wildman–Crippen MR) is 79.9 cm³/mol. The van der Waals surface area contributed by atoms with E-state index in [0.717, 1.165) is 6.42 Å². The first-order valence-electron chi connectivity index (χ1n) is 7.58. The number of carbonyl (C=O) groups is 2. The van der Waals surface area contributed by atoms with Crippen molar-refractivity contribution in [3.63, 3.8) is 0 Å². The van der Waals surface area contributed by atoms with Gasteiger partial charge in [0.1, 0.15) is 12.1 Å². The van der Waals surface area contributed by atoms with E-state index >= 15 is 0 Å². The van der Waals surface area contributed by atoms with Crippen LogP contribution in [-0.2, 0) is 19.1 Å². The van der Waals surface area contributed by atoms with Gasteiger partial charge in [0.05, 0.1) is 19.3 Å². The van der Waals surface area contributed by atoms with Crippen LogP contribution in [0.2, 0.25) is 0 Å². The molecule has 1 aliphatic heterocycles. The number of hydrogen-bond acceptors (Lipinski definition) is 4. The normalized spacial score (nSPS) is 24.4. The fourth-order valence-electron chi connectivity index (χ4n) is 2.75. The summed E-state index contributed by atoms with van der Waals surface area (Å²) in [6, 6.07) is -0.863. The molecular weight excluding hydrogens is 272 g/mol. The highest BCUT2D eigenvalue weighted by molar-refractivity contribution is 5.97. The molecule has 3 unspecified atom stereocenters. The predicted octanol–water partition coefficient (Wildman–Crippen LogP) is 0.800. The standard InChI is InChI=1S/C15H28N2O4/c1-6-7-12-15(19)17(8-11(21-5)9-20-4)13(10(2)3)14(18)16-12/h10-13H,6-9H2,1-5H3,(H,16,18). The average Bonchev–Trinajstić information content (AvgIpc) is 2.43. The van der Waals surface area contributed by atoms with Crippen LogP contribution in [0, 0.1) is 5.92 Å². The van der Waals surface area contributed by atoms with E-state index in [0.29, 0.717) is 19.6 Å². The third-order valence-corrected chi connectivity index (χ3v) is 3.80. The second kappa shape index (κ2) is 8.34. The highest BCUT2D eigenvalue weighted by Crippen LogP contribution is 2.20. The van der Waals surface area contributed by atoms with Crippen molar-refractivity contribution >= 4 is 11.8 Å². The van der Waals surface area contributed by atoms with Gasteiger partial charge in [0.2, 0.25) is 11.8 Å². The third-order valence-electron chi connectivity index (χ3n) is 3.80. The summed E-state index contributed by atoms with van der Waals surface area (Å²) in [5, 5.41) is 2.85. The Kier molecular flexibility index (Phi) is 7.11. The summed E-state index contributed by atoms with van der Waals surface area (Å²) in [4.78, 5) is 26.6. The van der Waals surface area contributed by atoms with Crippen molar-refractivity contribution in [2.75, 3.05) is 27.4 Å². The Morgan fingerprint density at radius 1 is 1.29 bits per heavy atom. The molecule has 1 aliphatic rings. The molecule has 0 aromatic carbocycles. The zero-order valence-electron chi connectivity index (χ0n) is 13.7. The lowest BCUT2D eigenvalue weighted by atomic mass is 9.95. The summed E-state index contributed by atoms with van der Waals surface area (Å²) < 4.78 is 10.5. The molecule has 21 heavy (non-hydrogen) atoms. The Morgan fingerprint density at radius 3 is 2.43 bits per heavy atom. The molecule has 0 aromatic rings. The zero-order chi connectivity index (χ0) is 16.0. The van der Waals surface area contributed by atoms with E-state index in [1.807, 2.05) is 20.8 Å². The maximum absolute atomic E-state index is 12.6. The molecular formula is C15H28N2O4. The van der Waals surface area contributed by atoms with E-state index in [1.165, 1.54) is 0 Å². The van der Waals surface area contributed by atoms with Crippen molar-refractivity contribution in [1.82, 2.24) is 10.2 Å². The molecule has 6 heteroatoms. The van der Waals surface area contributed by atoms with Crippen molar-refractivity contribution in [2.24, 2.45) is 5.92 Å². The Labute approximate surface area is 127 Å².